The number of aromatic nitrogens is 1. The van der Waals surface area contributed by atoms with Gasteiger partial charge >= 0.3 is 0 Å². The predicted molar refractivity (Wildman–Crippen MR) is 118 cm³/mol. The largest absolute Gasteiger partial charge is 0.502 e. The highest BCUT2D eigenvalue weighted by Crippen LogP contribution is 2.23. The summed E-state index contributed by atoms with van der Waals surface area (Å²) in [5.74, 6) is -0.760. The van der Waals surface area contributed by atoms with Gasteiger partial charge in [0.15, 0.2) is 11.4 Å². The molecule has 0 fully saturated rings. The first-order valence-electron chi connectivity index (χ1n) is 10.1. The summed E-state index contributed by atoms with van der Waals surface area (Å²) in [7, 11) is 0. The van der Waals surface area contributed by atoms with Crippen molar-refractivity contribution in [2.75, 3.05) is 25.2 Å². The van der Waals surface area contributed by atoms with Crippen LogP contribution < -0.4 is 15.6 Å². The maximum atomic E-state index is 13.7. The lowest BCUT2D eigenvalue weighted by Gasteiger charge is -2.30. The van der Waals surface area contributed by atoms with Crippen molar-refractivity contribution < 1.29 is 19.0 Å². The van der Waals surface area contributed by atoms with Gasteiger partial charge in [-0.15, -0.1) is 0 Å². The maximum absolute atomic E-state index is 13.7. The lowest BCUT2D eigenvalue weighted by atomic mass is 10.0. The number of benzene rings is 2. The Morgan fingerprint density at radius 3 is 2.72 bits per heavy atom. The molecule has 0 saturated heterocycles. The Balaban J connectivity index is 1.36. The molecule has 0 saturated carbocycles. The van der Waals surface area contributed by atoms with Crippen molar-refractivity contribution in [2.45, 2.75) is 6.42 Å². The minimum Gasteiger partial charge on any atom is -0.502 e. The first-order chi connectivity index (χ1) is 15.5. The van der Waals surface area contributed by atoms with E-state index in [0.717, 1.165) is 11.1 Å². The molecule has 0 bridgehead atoms. The monoisotopic (exact) mass is 435 g/mol. The van der Waals surface area contributed by atoms with Gasteiger partial charge in [0.25, 0.3) is 5.91 Å². The van der Waals surface area contributed by atoms with Crippen LogP contribution in [0.3, 0.4) is 0 Å². The molecule has 2 N–H and O–H groups in total. The smallest absolute Gasteiger partial charge is 0.278 e. The lowest BCUT2D eigenvalue weighted by Crippen LogP contribution is -2.46. The standard InChI is InChI=1S/C24H22FN3O4/c25-19-8-9-21(18(15-19)14-17-6-2-1-3-7-17)32-13-5-4-11-27-16-26-28-12-10-20(29)23(30)22(28)24(27)31/h1-10,12,15,26,30H,11,13-14,16H2/b5-4-. The van der Waals surface area contributed by atoms with E-state index in [2.05, 4.69) is 5.43 Å². The molecule has 1 amide bonds. The molecule has 3 aromatic rings. The Morgan fingerprint density at radius 1 is 1.09 bits per heavy atom. The van der Waals surface area contributed by atoms with E-state index in [0.29, 0.717) is 12.2 Å². The van der Waals surface area contributed by atoms with Gasteiger partial charge in [0.1, 0.15) is 24.8 Å². The first-order valence-corrected chi connectivity index (χ1v) is 10.1. The predicted octanol–water partition coefficient (Wildman–Crippen LogP) is 2.88. The number of fused-ring (bicyclic) bond motifs is 1. The SMILES string of the molecule is O=C1c2c(O)c(=O)ccn2NCN1C/C=C\COc1ccc(F)cc1Cc1ccccc1. The number of hydrogen-bond acceptors (Lipinski definition) is 5. The highest BCUT2D eigenvalue weighted by molar-refractivity contribution is 5.96. The Labute approximate surface area is 184 Å². The number of carbonyl (C=O) groups excluding carboxylic acids is 1. The molecular formula is C24H22FN3O4. The minimum absolute atomic E-state index is 0.0923. The topological polar surface area (TPSA) is 83.8 Å². The molecule has 0 atom stereocenters. The van der Waals surface area contributed by atoms with Crippen LogP contribution in [0.1, 0.15) is 21.6 Å². The summed E-state index contributed by atoms with van der Waals surface area (Å²) < 4.78 is 20.9. The zero-order valence-electron chi connectivity index (χ0n) is 17.2. The molecule has 32 heavy (non-hydrogen) atoms. The molecule has 1 aromatic heterocycles. The van der Waals surface area contributed by atoms with Crippen LogP contribution in [-0.4, -0.2) is 40.4 Å². The van der Waals surface area contributed by atoms with Crippen LogP contribution in [0.2, 0.25) is 0 Å². The van der Waals surface area contributed by atoms with E-state index in [1.165, 1.54) is 34.0 Å². The number of nitrogens with one attached hydrogen (secondary N) is 1. The third kappa shape index (κ3) is 4.64. The average molecular weight is 435 g/mol. The Hall–Kier alpha value is -4.07. The van der Waals surface area contributed by atoms with Crippen LogP contribution in [-0.2, 0) is 6.42 Å². The van der Waals surface area contributed by atoms with Crippen molar-refractivity contribution in [3.8, 4) is 11.5 Å². The molecule has 164 valence electrons. The second-order valence-corrected chi connectivity index (χ2v) is 7.29. The fraction of sp³-hybridized carbons (Fsp3) is 0.167. The van der Waals surface area contributed by atoms with E-state index in [1.54, 1.807) is 18.2 Å². The Morgan fingerprint density at radius 2 is 1.91 bits per heavy atom. The van der Waals surface area contributed by atoms with Gasteiger partial charge in [-0.1, -0.05) is 36.4 Å². The van der Waals surface area contributed by atoms with Crippen LogP contribution in [0.5, 0.6) is 11.5 Å². The molecular weight excluding hydrogens is 413 g/mol. The van der Waals surface area contributed by atoms with E-state index in [-0.39, 0.29) is 31.3 Å². The molecule has 8 heteroatoms. The number of nitrogens with zero attached hydrogens (tertiary/aromatic N) is 2. The molecule has 1 aliphatic rings. The van der Waals surface area contributed by atoms with Crippen LogP contribution in [0, 0.1) is 5.82 Å². The van der Waals surface area contributed by atoms with E-state index in [4.69, 9.17) is 4.74 Å². The van der Waals surface area contributed by atoms with Gasteiger partial charge in [-0.05, 0) is 29.8 Å². The lowest BCUT2D eigenvalue weighted by molar-refractivity contribution is 0.0741. The van der Waals surface area contributed by atoms with Crippen molar-refractivity contribution in [2.24, 2.45) is 0 Å². The van der Waals surface area contributed by atoms with Crippen LogP contribution in [0.25, 0.3) is 0 Å². The van der Waals surface area contributed by atoms with Crippen molar-refractivity contribution in [3.63, 3.8) is 0 Å². The molecule has 4 rings (SSSR count). The van der Waals surface area contributed by atoms with Gasteiger partial charge in [-0.3, -0.25) is 14.3 Å². The van der Waals surface area contributed by atoms with Crippen molar-refractivity contribution >= 4 is 5.91 Å². The summed E-state index contributed by atoms with van der Waals surface area (Å²) in [6, 6.07) is 15.4. The van der Waals surface area contributed by atoms with Gasteiger partial charge in [0.2, 0.25) is 5.43 Å². The van der Waals surface area contributed by atoms with Gasteiger partial charge in [-0.2, -0.15) is 0 Å². The summed E-state index contributed by atoms with van der Waals surface area (Å²) in [4.78, 5) is 25.7. The van der Waals surface area contributed by atoms with Gasteiger partial charge in [0, 0.05) is 30.8 Å². The number of pyridine rings is 1. The third-order valence-electron chi connectivity index (χ3n) is 5.08. The molecule has 0 radical (unpaired) electrons. The van der Waals surface area contributed by atoms with Gasteiger partial charge < -0.3 is 20.2 Å². The normalized spacial score (nSPS) is 13.2. The summed E-state index contributed by atoms with van der Waals surface area (Å²) in [6.07, 6.45) is 5.48. The van der Waals surface area contributed by atoms with E-state index >= 15 is 0 Å². The van der Waals surface area contributed by atoms with E-state index in [1.807, 2.05) is 30.3 Å². The van der Waals surface area contributed by atoms with Crippen LogP contribution in [0.4, 0.5) is 4.39 Å². The van der Waals surface area contributed by atoms with Crippen molar-refractivity contribution in [1.29, 1.82) is 0 Å². The minimum atomic E-state index is -0.609. The van der Waals surface area contributed by atoms with Crippen molar-refractivity contribution in [1.82, 2.24) is 9.58 Å². The highest BCUT2D eigenvalue weighted by atomic mass is 19.1. The van der Waals surface area contributed by atoms with Gasteiger partial charge in [0.05, 0.1) is 0 Å². The Kier molecular flexibility index (Phi) is 6.21. The number of hydrogen-bond donors (Lipinski definition) is 2. The molecule has 7 nitrogen and oxygen atoms in total. The fourth-order valence-corrected chi connectivity index (χ4v) is 3.44. The summed E-state index contributed by atoms with van der Waals surface area (Å²) in [6.45, 7) is 0.723. The third-order valence-corrected chi connectivity index (χ3v) is 5.08. The van der Waals surface area contributed by atoms with Crippen LogP contribution in [0.15, 0.2) is 77.7 Å². The zero-order chi connectivity index (χ0) is 22.5. The number of aromatic hydroxyl groups is 1. The average Bonchev–Trinajstić information content (AvgIpc) is 2.79. The van der Waals surface area contributed by atoms with Crippen LogP contribution >= 0.6 is 0 Å². The zero-order valence-corrected chi connectivity index (χ0v) is 17.2. The second-order valence-electron chi connectivity index (χ2n) is 7.29. The first kappa shape index (κ1) is 21.2. The maximum Gasteiger partial charge on any atom is 0.278 e. The molecule has 2 aromatic carbocycles. The fourth-order valence-electron chi connectivity index (χ4n) is 3.44. The number of ether oxygens (including phenoxy) is 1. The molecule has 0 spiro atoms. The number of rotatable bonds is 7. The number of amides is 1. The van der Waals surface area contributed by atoms with Crippen molar-refractivity contribution in [3.05, 3.63) is 106 Å². The van der Waals surface area contributed by atoms with Gasteiger partial charge in [-0.25, -0.2) is 4.39 Å². The number of carbonyl (C=O) groups is 1. The highest BCUT2D eigenvalue weighted by Gasteiger charge is 2.27. The Bertz CT molecular complexity index is 1210. The number of halogens is 1. The van der Waals surface area contributed by atoms with E-state index < -0.39 is 17.1 Å². The molecule has 1 aliphatic heterocycles. The summed E-state index contributed by atoms with van der Waals surface area (Å²) in [5.41, 5.74) is 4.04. The molecule has 0 unspecified atom stereocenters. The summed E-state index contributed by atoms with van der Waals surface area (Å²) in [5, 5.41) is 9.93. The second kappa shape index (κ2) is 9.38. The van der Waals surface area contributed by atoms with E-state index in [9.17, 15) is 19.1 Å². The quantitative estimate of drug-likeness (QED) is 0.558. The summed E-state index contributed by atoms with van der Waals surface area (Å²) >= 11 is 0. The molecule has 2 heterocycles. The molecule has 0 aliphatic carbocycles.